The highest BCUT2D eigenvalue weighted by atomic mass is 16.6. The number of rotatable bonds is 13. The predicted molar refractivity (Wildman–Crippen MR) is 122 cm³/mol. The topological polar surface area (TPSA) is 114 Å². The van der Waals surface area contributed by atoms with E-state index in [1.54, 1.807) is 27.8 Å². The van der Waals surface area contributed by atoms with Gasteiger partial charge in [-0.1, -0.05) is 24.3 Å². The molecule has 0 saturated heterocycles. The van der Waals surface area contributed by atoms with Crippen molar-refractivity contribution < 1.29 is 29.0 Å². The third-order valence-electron chi connectivity index (χ3n) is 4.87. The van der Waals surface area contributed by atoms with E-state index >= 15 is 0 Å². The number of carbonyl (C=O) groups excluding carboxylic acids is 2. The first kappa shape index (κ1) is 27.4. The van der Waals surface area contributed by atoms with Crippen molar-refractivity contribution in [1.29, 1.82) is 0 Å². The molecule has 1 aromatic rings. The van der Waals surface area contributed by atoms with Crippen molar-refractivity contribution in [3.63, 3.8) is 0 Å². The molecule has 32 heavy (non-hydrogen) atoms. The van der Waals surface area contributed by atoms with Gasteiger partial charge in [0.05, 0.1) is 18.8 Å². The number of nitrogens with one attached hydrogen (secondary N) is 2. The zero-order valence-corrected chi connectivity index (χ0v) is 19.9. The van der Waals surface area contributed by atoms with Gasteiger partial charge in [0, 0.05) is 19.9 Å². The summed E-state index contributed by atoms with van der Waals surface area (Å²) in [5.74, 6) is -0.867. The van der Waals surface area contributed by atoms with Gasteiger partial charge in [-0.25, -0.2) is 4.79 Å². The molecule has 0 radical (unpaired) electrons. The van der Waals surface area contributed by atoms with E-state index in [1.165, 1.54) is 0 Å². The normalized spacial score (nSPS) is 13.2. The van der Waals surface area contributed by atoms with Crippen molar-refractivity contribution in [3.05, 3.63) is 35.4 Å². The quantitative estimate of drug-likeness (QED) is 0.394. The standard InChI is InChI=1S/C24H38N2O6/c1-17(20(14-15-21(27)25-5)26-23(30)32-24(2,3)4)31-16-19-12-10-18(11-13-19)8-6-7-9-22(28)29/h10-13,17,20H,6-9,14-16H2,1-5H3,(H,25,27)(H,26,30)(H,28,29)/t17-,20+/m1/s1. The van der Waals surface area contributed by atoms with Crippen molar-refractivity contribution in [2.24, 2.45) is 0 Å². The lowest BCUT2D eigenvalue weighted by Gasteiger charge is -2.27. The van der Waals surface area contributed by atoms with Crippen molar-refractivity contribution in [1.82, 2.24) is 10.6 Å². The average Bonchev–Trinajstić information content (AvgIpc) is 2.71. The van der Waals surface area contributed by atoms with Gasteiger partial charge < -0.3 is 25.2 Å². The number of alkyl carbamates (subject to hydrolysis) is 1. The van der Waals surface area contributed by atoms with E-state index in [0.29, 0.717) is 19.4 Å². The molecular formula is C24H38N2O6. The fraction of sp³-hybridized carbons (Fsp3) is 0.625. The van der Waals surface area contributed by atoms with Crippen molar-refractivity contribution in [2.75, 3.05) is 7.05 Å². The largest absolute Gasteiger partial charge is 0.481 e. The van der Waals surface area contributed by atoms with Gasteiger partial charge in [0.25, 0.3) is 0 Å². The first-order valence-electron chi connectivity index (χ1n) is 11.1. The summed E-state index contributed by atoms with van der Waals surface area (Å²) in [5, 5.41) is 14.1. The summed E-state index contributed by atoms with van der Waals surface area (Å²) >= 11 is 0. The third kappa shape index (κ3) is 12.3. The lowest BCUT2D eigenvalue weighted by atomic mass is 10.0. The highest BCUT2D eigenvalue weighted by Crippen LogP contribution is 2.14. The van der Waals surface area contributed by atoms with Crippen LogP contribution in [0.1, 0.15) is 70.9 Å². The summed E-state index contributed by atoms with van der Waals surface area (Å²) < 4.78 is 11.3. The number of hydrogen-bond acceptors (Lipinski definition) is 5. The van der Waals surface area contributed by atoms with E-state index in [4.69, 9.17) is 14.6 Å². The molecule has 8 nitrogen and oxygen atoms in total. The van der Waals surface area contributed by atoms with Gasteiger partial charge in [0.15, 0.2) is 0 Å². The van der Waals surface area contributed by atoms with Gasteiger partial charge in [-0.15, -0.1) is 0 Å². The number of amides is 2. The van der Waals surface area contributed by atoms with Crippen LogP contribution in [-0.4, -0.2) is 47.9 Å². The van der Waals surface area contributed by atoms with Gasteiger partial charge in [-0.05, 0) is 64.5 Å². The molecule has 0 saturated carbocycles. The molecule has 0 bridgehead atoms. The molecule has 0 heterocycles. The summed E-state index contributed by atoms with van der Waals surface area (Å²) in [6.45, 7) is 7.61. The van der Waals surface area contributed by atoms with Crippen LogP contribution in [0, 0.1) is 0 Å². The van der Waals surface area contributed by atoms with Gasteiger partial charge >= 0.3 is 12.1 Å². The highest BCUT2D eigenvalue weighted by Gasteiger charge is 2.24. The second kappa shape index (κ2) is 13.7. The van der Waals surface area contributed by atoms with Crippen LogP contribution in [-0.2, 0) is 32.1 Å². The molecule has 2 amide bonds. The predicted octanol–water partition coefficient (Wildman–Crippen LogP) is 3.81. The van der Waals surface area contributed by atoms with Crippen LogP contribution in [0.4, 0.5) is 4.79 Å². The molecule has 0 aliphatic heterocycles. The monoisotopic (exact) mass is 450 g/mol. The molecule has 2 atom stereocenters. The Kier molecular flexibility index (Phi) is 11.8. The molecule has 0 fully saturated rings. The van der Waals surface area contributed by atoms with E-state index in [-0.39, 0.29) is 30.9 Å². The Morgan fingerprint density at radius 3 is 2.22 bits per heavy atom. The molecule has 0 aliphatic carbocycles. The van der Waals surface area contributed by atoms with Crippen LogP contribution in [0.2, 0.25) is 0 Å². The lowest BCUT2D eigenvalue weighted by Crippen LogP contribution is -2.45. The van der Waals surface area contributed by atoms with Crippen LogP contribution in [0.25, 0.3) is 0 Å². The summed E-state index contributed by atoms with van der Waals surface area (Å²) in [5.41, 5.74) is 1.53. The van der Waals surface area contributed by atoms with Crippen molar-refractivity contribution in [2.45, 2.75) is 90.6 Å². The maximum Gasteiger partial charge on any atom is 0.407 e. The number of aryl methyl sites for hydroxylation is 1. The summed E-state index contributed by atoms with van der Waals surface area (Å²) in [6.07, 6.45) is 2.36. The zero-order valence-electron chi connectivity index (χ0n) is 19.9. The van der Waals surface area contributed by atoms with Crippen LogP contribution in [0.5, 0.6) is 0 Å². The van der Waals surface area contributed by atoms with Gasteiger partial charge in [-0.2, -0.15) is 0 Å². The summed E-state index contributed by atoms with van der Waals surface area (Å²) in [4.78, 5) is 34.5. The molecule has 1 rings (SSSR count). The second-order valence-corrected chi connectivity index (χ2v) is 8.90. The number of ether oxygens (including phenoxy) is 2. The minimum Gasteiger partial charge on any atom is -0.481 e. The van der Waals surface area contributed by atoms with Crippen LogP contribution in [0.3, 0.4) is 0 Å². The van der Waals surface area contributed by atoms with Crippen molar-refractivity contribution >= 4 is 18.0 Å². The van der Waals surface area contributed by atoms with Crippen LogP contribution < -0.4 is 10.6 Å². The highest BCUT2D eigenvalue weighted by molar-refractivity contribution is 5.75. The Hall–Kier alpha value is -2.61. The first-order valence-corrected chi connectivity index (χ1v) is 11.1. The molecule has 0 aromatic heterocycles. The number of unbranched alkanes of at least 4 members (excludes halogenated alkanes) is 1. The van der Waals surface area contributed by atoms with E-state index in [0.717, 1.165) is 24.0 Å². The van der Waals surface area contributed by atoms with Gasteiger partial charge in [0.1, 0.15) is 5.60 Å². The maximum absolute atomic E-state index is 12.2. The molecule has 3 N–H and O–H groups in total. The number of benzene rings is 1. The van der Waals surface area contributed by atoms with Crippen molar-refractivity contribution in [3.8, 4) is 0 Å². The number of carboxylic acid groups (broad SMARTS) is 1. The molecule has 1 aromatic carbocycles. The van der Waals surface area contributed by atoms with Crippen LogP contribution >= 0.6 is 0 Å². The molecular weight excluding hydrogens is 412 g/mol. The fourth-order valence-electron chi connectivity index (χ4n) is 3.05. The number of carboxylic acids is 1. The van der Waals surface area contributed by atoms with Gasteiger partial charge in [-0.3, -0.25) is 9.59 Å². The van der Waals surface area contributed by atoms with E-state index in [2.05, 4.69) is 10.6 Å². The van der Waals surface area contributed by atoms with E-state index in [1.807, 2.05) is 31.2 Å². The molecule has 0 unspecified atom stereocenters. The Labute approximate surface area is 191 Å². The Morgan fingerprint density at radius 1 is 1.03 bits per heavy atom. The Balaban J connectivity index is 2.60. The number of hydrogen-bond donors (Lipinski definition) is 3. The smallest absolute Gasteiger partial charge is 0.407 e. The van der Waals surface area contributed by atoms with Gasteiger partial charge in [0.2, 0.25) is 5.91 Å². The fourth-order valence-corrected chi connectivity index (χ4v) is 3.05. The molecule has 180 valence electrons. The number of aliphatic carboxylic acids is 1. The molecule has 0 spiro atoms. The van der Waals surface area contributed by atoms with E-state index in [9.17, 15) is 14.4 Å². The second-order valence-electron chi connectivity index (χ2n) is 8.90. The minimum absolute atomic E-state index is 0.105. The summed E-state index contributed by atoms with van der Waals surface area (Å²) in [6, 6.07) is 7.63. The Morgan fingerprint density at radius 2 is 1.66 bits per heavy atom. The SMILES string of the molecule is CNC(=O)CC[C@H](NC(=O)OC(C)(C)C)[C@@H](C)OCc1ccc(CCCCC(=O)O)cc1. The summed E-state index contributed by atoms with van der Waals surface area (Å²) in [7, 11) is 1.58. The minimum atomic E-state index is -0.763. The zero-order chi connectivity index (χ0) is 24.1. The lowest BCUT2D eigenvalue weighted by molar-refractivity contribution is -0.137. The average molecular weight is 451 g/mol. The third-order valence-corrected chi connectivity index (χ3v) is 4.87. The Bertz CT molecular complexity index is 727. The molecule has 0 aliphatic rings. The number of carbonyl (C=O) groups is 3. The first-order chi connectivity index (χ1) is 15.0. The van der Waals surface area contributed by atoms with Crippen LogP contribution in [0.15, 0.2) is 24.3 Å². The van der Waals surface area contributed by atoms with E-state index < -0.39 is 17.7 Å². The maximum atomic E-state index is 12.2. The molecule has 8 heteroatoms.